The number of benzene rings is 1. The molecule has 1 aliphatic carbocycles. The Morgan fingerprint density at radius 1 is 1.12 bits per heavy atom. The SMILES string of the molecule is CC(=O)NC1(C(=O)OCCCS(=O)(=O)c2ccccc2)CCCCC1. The Bertz CT molecular complexity index is 693. The molecule has 6 nitrogen and oxygen atoms in total. The van der Waals surface area contributed by atoms with Gasteiger partial charge in [0.2, 0.25) is 5.91 Å². The van der Waals surface area contributed by atoms with Crippen LogP contribution in [-0.4, -0.2) is 38.2 Å². The smallest absolute Gasteiger partial charge is 0.331 e. The number of carbonyl (C=O) groups is 2. The van der Waals surface area contributed by atoms with Crippen molar-refractivity contribution in [3.8, 4) is 0 Å². The molecule has 0 aromatic heterocycles. The lowest BCUT2D eigenvalue weighted by Crippen LogP contribution is -2.55. The highest BCUT2D eigenvalue weighted by molar-refractivity contribution is 7.91. The Labute approximate surface area is 148 Å². The van der Waals surface area contributed by atoms with Crippen LogP contribution in [0, 0.1) is 0 Å². The predicted molar refractivity (Wildman–Crippen MR) is 93.7 cm³/mol. The lowest BCUT2D eigenvalue weighted by molar-refractivity contribution is -0.155. The topological polar surface area (TPSA) is 89.5 Å². The van der Waals surface area contributed by atoms with Crippen molar-refractivity contribution in [3.63, 3.8) is 0 Å². The summed E-state index contributed by atoms with van der Waals surface area (Å²) in [6.45, 7) is 1.41. The molecule has 1 aromatic carbocycles. The van der Waals surface area contributed by atoms with Gasteiger partial charge in [-0.1, -0.05) is 37.5 Å². The van der Waals surface area contributed by atoms with Gasteiger partial charge in [0.1, 0.15) is 5.54 Å². The molecule has 0 heterocycles. The van der Waals surface area contributed by atoms with E-state index >= 15 is 0 Å². The molecule has 25 heavy (non-hydrogen) atoms. The Morgan fingerprint density at radius 2 is 1.76 bits per heavy atom. The van der Waals surface area contributed by atoms with Crippen LogP contribution in [-0.2, 0) is 24.2 Å². The summed E-state index contributed by atoms with van der Waals surface area (Å²) in [7, 11) is -3.38. The molecule has 1 amide bonds. The molecule has 0 aliphatic heterocycles. The van der Waals surface area contributed by atoms with Gasteiger partial charge in [-0.05, 0) is 31.4 Å². The van der Waals surface area contributed by atoms with Crippen molar-refractivity contribution in [2.45, 2.75) is 55.9 Å². The molecule has 1 aromatic rings. The molecule has 2 rings (SSSR count). The molecule has 1 N–H and O–H groups in total. The molecule has 0 radical (unpaired) electrons. The Morgan fingerprint density at radius 3 is 2.36 bits per heavy atom. The summed E-state index contributed by atoms with van der Waals surface area (Å²) in [5.74, 6) is -0.803. The standard InChI is InChI=1S/C18H25NO5S/c1-15(20)19-18(11-6-3-7-12-18)17(21)24-13-8-14-25(22,23)16-9-4-2-5-10-16/h2,4-5,9-10H,3,6-8,11-14H2,1H3,(H,19,20). The summed E-state index contributed by atoms with van der Waals surface area (Å²) in [6, 6.07) is 8.21. The maximum Gasteiger partial charge on any atom is 0.331 e. The summed E-state index contributed by atoms with van der Waals surface area (Å²) < 4.78 is 29.7. The third-order valence-corrected chi connectivity index (χ3v) is 6.22. The summed E-state index contributed by atoms with van der Waals surface area (Å²) in [5, 5.41) is 2.75. The monoisotopic (exact) mass is 367 g/mol. The van der Waals surface area contributed by atoms with Gasteiger partial charge in [-0.15, -0.1) is 0 Å². The van der Waals surface area contributed by atoms with Gasteiger partial charge in [0, 0.05) is 6.92 Å². The lowest BCUT2D eigenvalue weighted by atomic mass is 9.81. The van der Waals surface area contributed by atoms with Gasteiger partial charge >= 0.3 is 5.97 Å². The van der Waals surface area contributed by atoms with Crippen LogP contribution in [0.15, 0.2) is 35.2 Å². The fourth-order valence-electron chi connectivity index (χ4n) is 3.17. The largest absolute Gasteiger partial charge is 0.464 e. The van der Waals surface area contributed by atoms with Gasteiger partial charge < -0.3 is 10.1 Å². The van der Waals surface area contributed by atoms with Crippen LogP contribution in [0.3, 0.4) is 0 Å². The number of carbonyl (C=O) groups excluding carboxylic acids is 2. The number of hydrogen-bond donors (Lipinski definition) is 1. The normalized spacial score (nSPS) is 16.8. The molecule has 0 saturated heterocycles. The third-order valence-electron chi connectivity index (χ3n) is 4.41. The van der Waals surface area contributed by atoms with Crippen LogP contribution < -0.4 is 5.32 Å². The Hall–Kier alpha value is -1.89. The average Bonchev–Trinajstić information content (AvgIpc) is 2.59. The zero-order valence-electron chi connectivity index (χ0n) is 14.5. The van der Waals surface area contributed by atoms with Crippen LogP contribution in [0.2, 0.25) is 0 Å². The molecular weight excluding hydrogens is 342 g/mol. The molecule has 1 fully saturated rings. The lowest BCUT2D eigenvalue weighted by Gasteiger charge is -2.35. The van der Waals surface area contributed by atoms with E-state index in [0.29, 0.717) is 12.8 Å². The number of amides is 1. The summed E-state index contributed by atoms with van der Waals surface area (Å²) in [5.41, 5.74) is -0.956. The van der Waals surface area contributed by atoms with Crippen LogP contribution in [0.1, 0.15) is 45.4 Å². The van der Waals surface area contributed by atoms with Gasteiger partial charge in [-0.25, -0.2) is 13.2 Å². The Balaban J connectivity index is 1.87. The number of nitrogens with one attached hydrogen (secondary N) is 1. The van der Waals surface area contributed by atoms with Gasteiger partial charge in [-0.2, -0.15) is 0 Å². The second-order valence-electron chi connectivity index (χ2n) is 6.45. The second kappa shape index (κ2) is 8.47. The van der Waals surface area contributed by atoms with E-state index in [0.717, 1.165) is 19.3 Å². The minimum absolute atomic E-state index is 0.0201. The van der Waals surface area contributed by atoms with E-state index in [2.05, 4.69) is 5.32 Å². The van der Waals surface area contributed by atoms with Crippen molar-refractivity contribution < 1.29 is 22.7 Å². The van der Waals surface area contributed by atoms with Crippen molar-refractivity contribution in [1.82, 2.24) is 5.32 Å². The fraction of sp³-hybridized carbons (Fsp3) is 0.556. The molecule has 0 atom stereocenters. The number of esters is 1. The van der Waals surface area contributed by atoms with E-state index in [9.17, 15) is 18.0 Å². The first-order valence-electron chi connectivity index (χ1n) is 8.59. The Kier molecular flexibility index (Phi) is 6.58. The molecule has 7 heteroatoms. The van der Waals surface area contributed by atoms with Gasteiger partial charge in [0.15, 0.2) is 9.84 Å². The van der Waals surface area contributed by atoms with Crippen molar-refractivity contribution in [2.24, 2.45) is 0 Å². The summed E-state index contributed by atoms with van der Waals surface area (Å²) in [4.78, 5) is 24.2. The van der Waals surface area contributed by atoms with E-state index in [4.69, 9.17) is 4.74 Å². The first-order valence-corrected chi connectivity index (χ1v) is 10.2. The molecule has 0 bridgehead atoms. The van der Waals surface area contributed by atoms with Crippen LogP contribution >= 0.6 is 0 Å². The molecular formula is C18H25NO5S. The minimum Gasteiger partial charge on any atom is -0.464 e. The van der Waals surface area contributed by atoms with E-state index in [1.54, 1.807) is 30.3 Å². The zero-order valence-corrected chi connectivity index (χ0v) is 15.3. The van der Waals surface area contributed by atoms with Gasteiger partial charge in [0.25, 0.3) is 0 Å². The quantitative estimate of drug-likeness (QED) is 0.590. The molecule has 0 unspecified atom stereocenters. The van der Waals surface area contributed by atoms with Crippen molar-refractivity contribution in [2.75, 3.05) is 12.4 Å². The molecule has 1 aliphatic rings. The average molecular weight is 367 g/mol. The van der Waals surface area contributed by atoms with Crippen LogP contribution in [0.25, 0.3) is 0 Å². The number of ether oxygens (including phenoxy) is 1. The molecule has 1 saturated carbocycles. The fourth-order valence-corrected chi connectivity index (χ4v) is 4.48. The van der Waals surface area contributed by atoms with Gasteiger partial charge in [-0.3, -0.25) is 4.79 Å². The highest BCUT2D eigenvalue weighted by Crippen LogP contribution is 2.29. The highest BCUT2D eigenvalue weighted by Gasteiger charge is 2.41. The van der Waals surface area contributed by atoms with E-state index in [1.165, 1.54) is 6.92 Å². The number of rotatable bonds is 7. The maximum atomic E-state index is 12.5. The van der Waals surface area contributed by atoms with Crippen LogP contribution in [0.5, 0.6) is 0 Å². The third kappa shape index (κ3) is 5.29. The van der Waals surface area contributed by atoms with Crippen molar-refractivity contribution in [3.05, 3.63) is 30.3 Å². The predicted octanol–water partition coefficient (Wildman–Crippen LogP) is 2.23. The van der Waals surface area contributed by atoms with Gasteiger partial charge in [0.05, 0.1) is 17.3 Å². The number of hydrogen-bond acceptors (Lipinski definition) is 5. The maximum absolute atomic E-state index is 12.5. The summed E-state index contributed by atoms with van der Waals surface area (Å²) >= 11 is 0. The second-order valence-corrected chi connectivity index (χ2v) is 8.55. The van der Waals surface area contributed by atoms with Crippen LogP contribution in [0.4, 0.5) is 0 Å². The first kappa shape index (κ1) is 19.4. The number of sulfone groups is 1. The summed E-state index contributed by atoms with van der Waals surface area (Å²) in [6.07, 6.45) is 4.10. The van der Waals surface area contributed by atoms with E-state index in [-0.39, 0.29) is 29.6 Å². The van der Waals surface area contributed by atoms with Crippen molar-refractivity contribution in [1.29, 1.82) is 0 Å². The first-order chi connectivity index (χ1) is 11.9. The van der Waals surface area contributed by atoms with E-state index in [1.807, 2.05) is 0 Å². The minimum atomic E-state index is -3.38. The van der Waals surface area contributed by atoms with Crippen molar-refractivity contribution >= 4 is 21.7 Å². The molecule has 138 valence electrons. The molecule has 0 spiro atoms. The highest BCUT2D eigenvalue weighted by atomic mass is 32.2. The zero-order chi connectivity index (χ0) is 18.3. The van der Waals surface area contributed by atoms with E-state index < -0.39 is 21.3 Å².